The molecule has 156 valence electrons. The van der Waals surface area contributed by atoms with Crippen LogP contribution in [-0.4, -0.2) is 42.7 Å². The van der Waals surface area contributed by atoms with Crippen LogP contribution in [0.25, 0.3) is 0 Å². The minimum absolute atomic E-state index is 0. The number of nitrogens with one attached hydrogen (secondary N) is 1. The zero-order chi connectivity index (χ0) is 19.9. The number of rotatable bonds is 7. The standard InChI is InChI=1S/C18H23F3N4OS.HI/c1-13-24-16(11-27-13)9-25(3)17(22-2)23-8-14-4-6-15(7-5-14)10-26-12-18(19,20)21;/h4-7,11H,8-10,12H2,1-3H3,(H,22,23);1H. The summed E-state index contributed by atoms with van der Waals surface area (Å²) in [7, 11) is 3.65. The van der Waals surface area contributed by atoms with E-state index < -0.39 is 12.8 Å². The smallest absolute Gasteiger partial charge is 0.367 e. The first kappa shape index (κ1) is 24.6. The molecule has 1 aromatic carbocycles. The normalized spacial score (nSPS) is 11.9. The third-order valence-electron chi connectivity index (χ3n) is 3.65. The summed E-state index contributed by atoms with van der Waals surface area (Å²) in [4.78, 5) is 10.7. The van der Waals surface area contributed by atoms with Gasteiger partial charge >= 0.3 is 6.18 Å². The van der Waals surface area contributed by atoms with E-state index in [2.05, 4.69) is 20.0 Å². The average molecular weight is 528 g/mol. The van der Waals surface area contributed by atoms with Crippen LogP contribution in [0.5, 0.6) is 0 Å². The van der Waals surface area contributed by atoms with Gasteiger partial charge in [0.2, 0.25) is 0 Å². The highest BCUT2D eigenvalue weighted by Gasteiger charge is 2.27. The predicted octanol–water partition coefficient (Wildman–Crippen LogP) is 4.36. The number of aliphatic imine (C=N–C) groups is 1. The first-order valence-corrected chi connectivity index (χ1v) is 9.20. The van der Waals surface area contributed by atoms with Gasteiger partial charge in [-0.3, -0.25) is 4.99 Å². The van der Waals surface area contributed by atoms with Gasteiger partial charge in [-0.15, -0.1) is 35.3 Å². The first-order chi connectivity index (χ1) is 12.8. The molecule has 1 heterocycles. The van der Waals surface area contributed by atoms with Crippen LogP contribution in [0.15, 0.2) is 34.6 Å². The van der Waals surface area contributed by atoms with Crippen LogP contribution >= 0.6 is 35.3 Å². The zero-order valence-corrected chi connectivity index (χ0v) is 19.1. The van der Waals surface area contributed by atoms with Gasteiger partial charge < -0.3 is 15.0 Å². The fourth-order valence-corrected chi connectivity index (χ4v) is 3.01. The highest BCUT2D eigenvalue weighted by Crippen LogP contribution is 2.16. The van der Waals surface area contributed by atoms with Crippen molar-refractivity contribution in [3.05, 3.63) is 51.5 Å². The molecule has 2 aromatic rings. The Kier molecular flexibility index (Phi) is 10.2. The van der Waals surface area contributed by atoms with E-state index in [0.29, 0.717) is 18.7 Å². The third-order valence-corrected chi connectivity index (χ3v) is 4.47. The van der Waals surface area contributed by atoms with Crippen molar-refractivity contribution in [2.24, 2.45) is 4.99 Å². The van der Waals surface area contributed by atoms with Crippen molar-refractivity contribution in [1.82, 2.24) is 15.2 Å². The molecule has 1 aromatic heterocycles. The first-order valence-electron chi connectivity index (χ1n) is 8.32. The van der Waals surface area contributed by atoms with Crippen molar-refractivity contribution in [3.63, 3.8) is 0 Å². The SMILES string of the molecule is CN=C(NCc1ccc(COCC(F)(F)F)cc1)N(C)Cc1csc(C)n1.I. The Bertz CT molecular complexity index is 750. The summed E-state index contributed by atoms with van der Waals surface area (Å²) < 4.78 is 40.9. The second kappa shape index (κ2) is 11.6. The molecular formula is C18H24F3IN4OS. The largest absolute Gasteiger partial charge is 0.411 e. The maximum atomic E-state index is 12.1. The lowest BCUT2D eigenvalue weighted by atomic mass is 10.1. The van der Waals surface area contributed by atoms with Crippen molar-refractivity contribution >= 4 is 41.3 Å². The van der Waals surface area contributed by atoms with Crippen molar-refractivity contribution < 1.29 is 17.9 Å². The molecule has 0 radical (unpaired) electrons. The minimum Gasteiger partial charge on any atom is -0.367 e. The summed E-state index contributed by atoms with van der Waals surface area (Å²) in [5.74, 6) is 0.734. The van der Waals surface area contributed by atoms with Gasteiger partial charge in [0.1, 0.15) is 6.61 Å². The fourth-order valence-electron chi connectivity index (χ4n) is 2.40. The summed E-state index contributed by atoms with van der Waals surface area (Å²) >= 11 is 1.61. The second-order valence-corrected chi connectivity index (χ2v) is 7.10. The number of aromatic nitrogens is 1. The molecule has 5 nitrogen and oxygen atoms in total. The lowest BCUT2D eigenvalue weighted by Gasteiger charge is -2.21. The van der Waals surface area contributed by atoms with E-state index in [-0.39, 0.29) is 30.6 Å². The van der Waals surface area contributed by atoms with E-state index in [0.717, 1.165) is 22.2 Å². The van der Waals surface area contributed by atoms with E-state index in [1.165, 1.54) is 0 Å². The Morgan fingerprint density at radius 1 is 1.25 bits per heavy atom. The molecule has 0 aliphatic carbocycles. The molecule has 0 amide bonds. The zero-order valence-electron chi connectivity index (χ0n) is 15.9. The maximum Gasteiger partial charge on any atom is 0.411 e. The monoisotopic (exact) mass is 528 g/mol. The molecule has 0 fully saturated rings. The van der Waals surface area contributed by atoms with Crippen LogP contribution < -0.4 is 5.32 Å². The van der Waals surface area contributed by atoms with Crippen LogP contribution in [0.2, 0.25) is 0 Å². The van der Waals surface area contributed by atoms with Crippen LogP contribution in [0.4, 0.5) is 13.2 Å². The molecule has 0 aliphatic heterocycles. The second-order valence-electron chi connectivity index (χ2n) is 6.04. The Balaban J connectivity index is 0.00000392. The van der Waals surface area contributed by atoms with Gasteiger partial charge in [-0.25, -0.2) is 4.98 Å². The number of thiazole rings is 1. The molecule has 0 bridgehead atoms. The van der Waals surface area contributed by atoms with Crippen molar-refractivity contribution in [1.29, 1.82) is 0 Å². The van der Waals surface area contributed by atoms with E-state index in [9.17, 15) is 13.2 Å². The summed E-state index contributed by atoms with van der Waals surface area (Å²) in [6, 6.07) is 7.24. The molecule has 1 N–H and O–H groups in total. The van der Waals surface area contributed by atoms with Crippen LogP contribution in [-0.2, 0) is 24.4 Å². The number of alkyl halides is 3. The van der Waals surface area contributed by atoms with Gasteiger partial charge in [-0.2, -0.15) is 13.2 Å². The number of guanidine groups is 1. The molecule has 10 heteroatoms. The fraction of sp³-hybridized carbons (Fsp3) is 0.444. The van der Waals surface area contributed by atoms with Crippen molar-refractivity contribution in [2.75, 3.05) is 20.7 Å². The Morgan fingerprint density at radius 2 is 1.89 bits per heavy atom. The molecule has 0 spiro atoms. The molecule has 0 saturated carbocycles. The maximum absolute atomic E-state index is 12.1. The topological polar surface area (TPSA) is 49.8 Å². The lowest BCUT2D eigenvalue weighted by molar-refractivity contribution is -0.176. The predicted molar refractivity (Wildman–Crippen MR) is 116 cm³/mol. The van der Waals surface area contributed by atoms with Crippen molar-refractivity contribution in [3.8, 4) is 0 Å². The van der Waals surface area contributed by atoms with Crippen LogP contribution in [0, 0.1) is 6.92 Å². The van der Waals surface area contributed by atoms with Gasteiger partial charge in [0, 0.05) is 26.0 Å². The number of benzene rings is 1. The highest BCUT2D eigenvalue weighted by atomic mass is 127. The molecule has 0 aliphatic rings. The number of nitrogens with zero attached hydrogens (tertiary/aromatic N) is 3. The summed E-state index contributed by atoms with van der Waals surface area (Å²) in [6.45, 7) is 1.87. The van der Waals surface area contributed by atoms with Crippen LogP contribution in [0.3, 0.4) is 0 Å². The Labute approximate surface area is 184 Å². The Morgan fingerprint density at radius 3 is 2.43 bits per heavy atom. The lowest BCUT2D eigenvalue weighted by Crippen LogP contribution is -2.38. The molecule has 28 heavy (non-hydrogen) atoms. The van der Waals surface area contributed by atoms with Gasteiger partial charge in [0.25, 0.3) is 0 Å². The van der Waals surface area contributed by atoms with Gasteiger partial charge in [0.05, 0.1) is 23.9 Å². The van der Waals surface area contributed by atoms with E-state index in [1.54, 1.807) is 30.5 Å². The quantitative estimate of drug-likeness (QED) is 0.330. The summed E-state index contributed by atoms with van der Waals surface area (Å²) in [5, 5.41) is 6.32. The molecular weight excluding hydrogens is 504 g/mol. The Hall–Kier alpha value is -1.40. The molecule has 0 saturated heterocycles. The van der Waals surface area contributed by atoms with Crippen LogP contribution in [0.1, 0.15) is 21.8 Å². The summed E-state index contributed by atoms with van der Waals surface area (Å²) in [6.07, 6.45) is -4.30. The summed E-state index contributed by atoms with van der Waals surface area (Å²) in [5.41, 5.74) is 2.68. The molecule has 0 unspecified atom stereocenters. The van der Waals surface area contributed by atoms with E-state index >= 15 is 0 Å². The number of halogens is 4. The van der Waals surface area contributed by atoms with E-state index in [1.807, 2.05) is 36.4 Å². The minimum atomic E-state index is -4.30. The molecule has 0 atom stereocenters. The average Bonchev–Trinajstić information content (AvgIpc) is 3.00. The molecule has 2 rings (SSSR count). The number of hydrogen-bond acceptors (Lipinski definition) is 4. The van der Waals surface area contributed by atoms with Gasteiger partial charge in [0.15, 0.2) is 5.96 Å². The third kappa shape index (κ3) is 8.74. The van der Waals surface area contributed by atoms with Gasteiger partial charge in [-0.1, -0.05) is 24.3 Å². The number of aryl methyl sites for hydroxylation is 1. The number of ether oxygens (including phenoxy) is 1. The van der Waals surface area contributed by atoms with Crippen molar-refractivity contribution in [2.45, 2.75) is 32.8 Å². The van der Waals surface area contributed by atoms with E-state index in [4.69, 9.17) is 0 Å². The van der Waals surface area contributed by atoms with Gasteiger partial charge in [-0.05, 0) is 18.1 Å². The highest BCUT2D eigenvalue weighted by molar-refractivity contribution is 14.0. The number of hydrogen-bond donors (Lipinski definition) is 1.